The first-order chi connectivity index (χ1) is 13.7. The van der Waals surface area contributed by atoms with Crippen molar-refractivity contribution in [2.24, 2.45) is 0 Å². The maximum Gasteiger partial charge on any atom is 0.303 e. The summed E-state index contributed by atoms with van der Waals surface area (Å²) in [6.45, 7) is 2.76. The number of rotatable bonds is 11. The summed E-state index contributed by atoms with van der Waals surface area (Å²) in [6.07, 6.45) is 3.71. The number of fused-ring (bicyclic) bond motifs is 1. The van der Waals surface area contributed by atoms with Gasteiger partial charge < -0.3 is 9.84 Å². The molecule has 1 aromatic heterocycles. The fraction of sp³-hybridized carbons (Fsp3) is 0.364. The van der Waals surface area contributed by atoms with Gasteiger partial charge in [0.1, 0.15) is 5.75 Å². The zero-order valence-electron chi connectivity index (χ0n) is 16.1. The third kappa shape index (κ3) is 5.29. The number of nitrogens with zero attached hydrogens (tertiary/aromatic N) is 2. The number of carboxylic acids is 1. The molecule has 0 radical (unpaired) electrons. The van der Waals surface area contributed by atoms with Crippen LogP contribution in [0.5, 0.6) is 5.75 Å². The minimum Gasteiger partial charge on any atom is -0.494 e. The molecule has 0 aliphatic rings. The van der Waals surface area contributed by atoms with E-state index in [1.165, 1.54) is 0 Å². The highest BCUT2D eigenvalue weighted by atomic mass is 32.2. The van der Waals surface area contributed by atoms with Crippen molar-refractivity contribution in [2.75, 3.05) is 12.4 Å². The number of hydrogen-bond acceptors (Lipinski definition) is 4. The van der Waals surface area contributed by atoms with Crippen molar-refractivity contribution in [3.05, 3.63) is 48.5 Å². The monoisotopic (exact) mass is 398 g/mol. The molecule has 28 heavy (non-hydrogen) atoms. The van der Waals surface area contributed by atoms with Crippen LogP contribution in [0.2, 0.25) is 0 Å². The molecule has 6 heteroatoms. The summed E-state index contributed by atoms with van der Waals surface area (Å²) in [5.74, 6) is 1.10. The first kappa shape index (κ1) is 20.3. The predicted octanol–water partition coefficient (Wildman–Crippen LogP) is 5.55. The van der Waals surface area contributed by atoms with Crippen LogP contribution in [0.1, 0.15) is 39.0 Å². The Morgan fingerprint density at radius 1 is 1.14 bits per heavy atom. The molecule has 0 amide bonds. The summed E-state index contributed by atoms with van der Waals surface area (Å²) >= 11 is 1.77. The van der Waals surface area contributed by atoms with E-state index in [4.69, 9.17) is 14.8 Å². The Balaban J connectivity index is 1.77. The second-order valence-corrected chi connectivity index (χ2v) is 7.68. The molecule has 0 aliphatic carbocycles. The molecule has 1 heterocycles. The number of imidazole rings is 1. The molecule has 0 saturated carbocycles. The van der Waals surface area contributed by atoms with Gasteiger partial charge >= 0.3 is 5.97 Å². The van der Waals surface area contributed by atoms with E-state index < -0.39 is 5.97 Å². The highest BCUT2D eigenvalue weighted by molar-refractivity contribution is 7.99. The van der Waals surface area contributed by atoms with E-state index in [0.717, 1.165) is 52.6 Å². The van der Waals surface area contributed by atoms with Crippen molar-refractivity contribution >= 4 is 28.8 Å². The third-order valence-electron chi connectivity index (χ3n) is 4.35. The molecule has 0 atom stereocenters. The van der Waals surface area contributed by atoms with Crippen LogP contribution in [0, 0.1) is 0 Å². The van der Waals surface area contributed by atoms with Crippen molar-refractivity contribution in [3.8, 4) is 11.4 Å². The summed E-state index contributed by atoms with van der Waals surface area (Å²) in [7, 11) is 0. The lowest BCUT2D eigenvalue weighted by molar-refractivity contribution is -0.137. The van der Waals surface area contributed by atoms with Crippen LogP contribution in [-0.2, 0) is 4.79 Å². The number of aliphatic carboxylic acids is 1. The van der Waals surface area contributed by atoms with Gasteiger partial charge in [-0.3, -0.25) is 9.36 Å². The number of unbranched alkanes of at least 4 members (excludes halogenated alkanes) is 2. The average molecular weight is 399 g/mol. The van der Waals surface area contributed by atoms with Gasteiger partial charge in [-0.1, -0.05) is 36.9 Å². The molecule has 5 nitrogen and oxygen atoms in total. The number of carbonyl (C=O) groups is 1. The third-order valence-corrected chi connectivity index (χ3v) is 5.49. The highest BCUT2D eigenvalue weighted by Gasteiger charge is 2.13. The van der Waals surface area contributed by atoms with Crippen molar-refractivity contribution in [1.82, 2.24) is 9.55 Å². The van der Waals surface area contributed by atoms with Crippen LogP contribution in [0.4, 0.5) is 0 Å². The number of benzene rings is 2. The van der Waals surface area contributed by atoms with Crippen molar-refractivity contribution in [3.63, 3.8) is 0 Å². The van der Waals surface area contributed by atoms with Crippen LogP contribution in [0.15, 0.2) is 53.7 Å². The van der Waals surface area contributed by atoms with Gasteiger partial charge in [-0.15, -0.1) is 0 Å². The molecule has 1 N–H and O–H groups in total. The van der Waals surface area contributed by atoms with E-state index in [-0.39, 0.29) is 6.42 Å². The Labute approximate surface area is 169 Å². The smallest absolute Gasteiger partial charge is 0.303 e. The average Bonchev–Trinajstić information content (AvgIpc) is 3.07. The number of para-hydroxylation sites is 1. The zero-order valence-corrected chi connectivity index (χ0v) is 17.0. The lowest BCUT2D eigenvalue weighted by atomic mass is 10.2. The lowest BCUT2D eigenvalue weighted by Crippen LogP contribution is -2.00. The normalized spacial score (nSPS) is 11.0. The Morgan fingerprint density at radius 2 is 1.96 bits per heavy atom. The zero-order chi connectivity index (χ0) is 19.8. The van der Waals surface area contributed by atoms with Gasteiger partial charge in [0.05, 0.1) is 17.6 Å². The lowest BCUT2D eigenvalue weighted by Gasteiger charge is -2.10. The summed E-state index contributed by atoms with van der Waals surface area (Å²) in [4.78, 5) is 15.4. The van der Waals surface area contributed by atoms with Crippen LogP contribution in [0.3, 0.4) is 0 Å². The van der Waals surface area contributed by atoms with Crippen LogP contribution in [0.25, 0.3) is 16.7 Å². The van der Waals surface area contributed by atoms with Crippen molar-refractivity contribution in [2.45, 2.75) is 44.2 Å². The Morgan fingerprint density at radius 3 is 2.71 bits per heavy atom. The molecule has 0 saturated heterocycles. The summed E-state index contributed by atoms with van der Waals surface area (Å²) in [5.41, 5.74) is 3.08. The Kier molecular flexibility index (Phi) is 7.37. The fourth-order valence-corrected chi connectivity index (χ4v) is 3.87. The van der Waals surface area contributed by atoms with E-state index in [1.807, 2.05) is 36.4 Å². The molecule has 0 aliphatic heterocycles. The Bertz CT molecular complexity index is 909. The molecule has 0 spiro atoms. The highest BCUT2D eigenvalue weighted by Crippen LogP contribution is 2.30. The first-order valence-corrected chi connectivity index (χ1v) is 10.7. The second kappa shape index (κ2) is 10.2. The molecule has 148 valence electrons. The van der Waals surface area contributed by atoms with Gasteiger partial charge in [-0.05, 0) is 49.9 Å². The van der Waals surface area contributed by atoms with Gasteiger partial charge in [-0.2, -0.15) is 0 Å². The minimum absolute atomic E-state index is 0.223. The van der Waals surface area contributed by atoms with Crippen LogP contribution in [-0.4, -0.2) is 33.0 Å². The van der Waals surface area contributed by atoms with Gasteiger partial charge in [0.15, 0.2) is 5.16 Å². The molecule has 3 aromatic rings. The van der Waals surface area contributed by atoms with E-state index in [9.17, 15) is 4.79 Å². The summed E-state index contributed by atoms with van der Waals surface area (Å²) in [5, 5.41) is 9.68. The fourth-order valence-electron chi connectivity index (χ4n) is 2.98. The van der Waals surface area contributed by atoms with Crippen LogP contribution >= 0.6 is 11.8 Å². The van der Waals surface area contributed by atoms with Crippen molar-refractivity contribution in [1.29, 1.82) is 0 Å². The first-order valence-electron chi connectivity index (χ1n) is 9.74. The maximum atomic E-state index is 10.6. The number of carboxylic acid groups (broad SMARTS) is 1. The van der Waals surface area contributed by atoms with E-state index in [2.05, 4.69) is 23.6 Å². The van der Waals surface area contributed by atoms with Gasteiger partial charge in [0.25, 0.3) is 0 Å². The molecule has 0 unspecified atom stereocenters. The predicted molar refractivity (Wildman–Crippen MR) is 114 cm³/mol. The number of ether oxygens (including phenoxy) is 1. The topological polar surface area (TPSA) is 64.3 Å². The standard InChI is InChI=1S/C22H26N2O3S/c1-2-15-28-22-23-19-13-12-18(27-14-8-4-7-11-21(25)26)16-20(19)24(22)17-9-5-3-6-10-17/h3,5-6,9-10,12-13,16H,2,4,7-8,11,14-15H2,1H3,(H,25,26). The SMILES string of the molecule is CCCSc1nc2ccc(OCCCCCC(=O)O)cc2n1-c1ccccc1. The molecule has 3 rings (SSSR count). The van der Waals surface area contributed by atoms with E-state index in [1.54, 1.807) is 11.8 Å². The summed E-state index contributed by atoms with van der Waals surface area (Å²) < 4.78 is 8.10. The van der Waals surface area contributed by atoms with E-state index in [0.29, 0.717) is 13.0 Å². The maximum absolute atomic E-state index is 10.6. The summed E-state index contributed by atoms with van der Waals surface area (Å²) in [6, 6.07) is 16.3. The van der Waals surface area contributed by atoms with Gasteiger partial charge in [0.2, 0.25) is 0 Å². The minimum atomic E-state index is -0.739. The molecule has 0 bridgehead atoms. The quantitative estimate of drug-likeness (QED) is 0.339. The van der Waals surface area contributed by atoms with Crippen molar-refractivity contribution < 1.29 is 14.6 Å². The van der Waals surface area contributed by atoms with E-state index >= 15 is 0 Å². The van der Waals surface area contributed by atoms with Gasteiger partial charge in [0, 0.05) is 23.9 Å². The molecular formula is C22H26N2O3S. The Hall–Kier alpha value is -2.47. The number of hydrogen-bond donors (Lipinski definition) is 1. The van der Waals surface area contributed by atoms with Crippen LogP contribution < -0.4 is 4.74 Å². The molecule has 0 fully saturated rings. The molecule has 2 aromatic carbocycles. The molecular weight excluding hydrogens is 372 g/mol. The largest absolute Gasteiger partial charge is 0.494 e. The van der Waals surface area contributed by atoms with Gasteiger partial charge in [-0.25, -0.2) is 4.98 Å². The number of aromatic nitrogens is 2. The second-order valence-electron chi connectivity index (χ2n) is 6.62. The number of thioether (sulfide) groups is 1.